The molecular formula is C7H11NS2. The molecule has 0 amide bonds. The van der Waals surface area contributed by atoms with Crippen LogP contribution in [0, 0.1) is 0 Å². The van der Waals surface area contributed by atoms with Crippen molar-refractivity contribution >= 4 is 23.1 Å². The van der Waals surface area contributed by atoms with Crippen LogP contribution in [0.3, 0.4) is 0 Å². The Hall–Kier alpha value is -0.0200. The van der Waals surface area contributed by atoms with E-state index in [0.29, 0.717) is 0 Å². The van der Waals surface area contributed by atoms with E-state index < -0.39 is 0 Å². The van der Waals surface area contributed by atoms with Crippen LogP contribution in [-0.4, -0.2) is 11.2 Å². The van der Waals surface area contributed by atoms with E-state index in [4.69, 9.17) is 0 Å². The van der Waals surface area contributed by atoms with Crippen molar-refractivity contribution in [2.75, 3.05) is 6.26 Å². The molecule has 0 aromatic carbocycles. The lowest BCUT2D eigenvalue weighted by atomic mass is 10.5. The average molecular weight is 173 g/mol. The van der Waals surface area contributed by atoms with Gasteiger partial charge in [0.15, 0.2) is 0 Å². The van der Waals surface area contributed by atoms with Crippen molar-refractivity contribution in [3.05, 3.63) is 16.1 Å². The van der Waals surface area contributed by atoms with E-state index in [-0.39, 0.29) is 0 Å². The van der Waals surface area contributed by atoms with E-state index in [1.54, 1.807) is 11.3 Å². The molecule has 0 saturated heterocycles. The zero-order valence-electron chi connectivity index (χ0n) is 6.26. The summed E-state index contributed by atoms with van der Waals surface area (Å²) in [6, 6.07) is 0. The molecule has 0 spiro atoms. The van der Waals surface area contributed by atoms with E-state index in [1.807, 2.05) is 11.8 Å². The number of thioether (sulfide) groups is 1. The SMILES string of the molecule is CCc1nc(CSC)cs1. The molecule has 0 atom stereocenters. The van der Waals surface area contributed by atoms with Crippen LogP contribution < -0.4 is 0 Å². The number of hydrogen-bond donors (Lipinski definition) is 0. The highest BCUT2D eigenvalue weighted by Crippen LogP contribution is 2.13. The molecule has 3 heteroatoms. The Morgan fingerprint density at radius 2 is 2.50 bits per heavy atom. The lowest BCUT2D eigenvalue weighted by Gasteiger charge is -1.87. The van der Waals surface area contributed by atoms with Crippen molar-refractivity contribution in [1.29, 1.82) is 0 Å². The van der Waals surface area contributed by atoms with Crippen molar-refractivity contribution in [3.63, 3.8) is 0 Å². The summed E-state index contributed by atoms with van der Waals surface area (Å²) in [7, 11) is 0. The molecule has 1 nitrogen and oxygen atoms in total. The van der Waals surface area contributed by atoms with Crippen LogP contribution in [0.1, 0.15) is 17.6 Å². The van der Waals surface area contributed by atoms with E-state index in [2.05, 4.69) is 23.5 Å². The van der Waals surface area contributed by atoms with Crippen molar-refractivity contribution < 1.29 is 0 Å². The van der Waals surface area contributed by atoms with Crippen molar-refractivity contribution in [2.45, 2.75) is 19.1 Å². The van der Waals surface area contributed by atoms with Crippen LogP contribution in [-0.2, 0) is 12.2 Å². The fourth-order valence-electron chi connectivity index (χ4n) is 0.725. The highest BCUT2D eigenvalue weighted by molar-refractivity contribution is 7.97. The van der Waals surface area contributed by atoms with Crippen molar-refractivity contribution in [2.24, 2.45) is 0 Å². The van der Waals surface area contributed by atoms with Gasteiger partial charge in [-0.1, -0.05) is 6.92 Å². The maximum Gasteiger partial charge on any atom is 0.0925 e. The number of aromatic nitrogens is 1. The van der Waals surface area contributed by atoms with Crippen LogP contribution in [0.4, 0.5) is 0 Å². The smallest absolute Gasteiger partial charge is 0.0925 e. The van der Waals surface area contributed by atoms with Gasteiger partial charge < -0.3 is 0 Å². The summed E-state index contributed by atoms with van der Waals surface area (Å²) in [6.07, 6.45) is 3.17. The van der Waals surface area contributed by atoms with Crippen molar-refractivity contribution in [1.82, 2.24) is 4.98 Å². The Kier molecular flexibility index (Phi) is 3.22. The third-order valence-electron chi connectivity index (χ3n) is 1.19. The highest BCUT2D eigenvalue weighted by Gasteiger charge is 1.97. The van der Waals surface area contributed by atoms with Gasteiger partial charge in [-0.25, -0.2) is 4.98 Å². The van der Waals surface area contributed by atoms with E-state index >= 15 is 0 Å². The van der Waals surface area contributed by atoms with Gasteiger partial charge in [0.25, 0.3) is 0 Å². The van der Waals surface area contributed by atoms with Gasteiger partial charge in [0, 0.05) is 11.1 Å². The summed E-state index contributed by atoms with van der Waals surface area (Å²) in [5.41, 5.74) is 1.23. The Labute approximate surface area is 69.9 Å². The summed E-state index contributed by atoms with van der Waals surface area (Å²) in [5.74, 6) is 1.05. The van der Waals surface area contributed by atoms with Gasteiger partial charge in [0.1, 0.15) is 0 Å². The van der Waals surface area contributed by atoms with Gasteiger partial charge in [-0.2, -0.15) is 11.8 Å². The molecule has 0 radical (unpaired) electrons. The van der Waals surface area contributed by atoms with Crippen LogP contribution in [0.15, 0.2) is 5.38 Å². The maximum absolute atomic E-state index is 4.42. The van der Waals surface area contributed by atoms with Gasteiger partial charge in [0.2, 0.25) is 0 Å². The normalized spacial score (nSPS) is 10.2. The Balaban J connectivity index is 2.59. The van der Waals surface area contributed by atoms with Crippen LogP contribution in [0.2, 0.25) is 0 Å². The minimum atomic E-state index is 1.05. The molecule has 10 heavy (non-hydrogen) atoms. The van der Waals surface area contributed by atoms with Gasteiger partial charge in [-0.15, -0.1) is 11.3 Å². The summed E-state index contributed by atoms with van der Waals surface area (Å²) < 4.78 is 0. The molecule has 0 aliphatic carbocycles. The molecule has 56 valence electrons. The van der Waals surface area contributed by atoms with E-state index in [0.717, 1.165) is 12.2 Å². The standard InChI is InChI=1S/C7H11NS2/c1-3-7-8-6(4-9-2)5-10-7/h5H,3-4H2,1-2H3. The largest absolute Gasteiger partial charge is 0.245 e. The quantitative estimate of drug-likeness (QED) is 0.697. The summed E-state index contributed by atoms with van der Waals surface area (Å²) in [4.78, 5) is 4.42. The van der Waals surface area contributed by atoms with Crippen LogP contribution >= 0.6 is 23.1 Å². The second kappa shape index (κ2) is 3.98. The molecule has 0 bridgehead atoms. The van der Waals surface area contributed by atoms with E-state index in [9.17, 15) is 0 Å². The first-order chi connectivity index (χ1) is 4.86. The average Bonchev–Trinajstić information content (AvgIpc) is 2.37. The molecule has 1 aromatic heterocycles. The molecule has 1 aromatic rings. The molecule has 1 rings (SSSR count). The third-order valence-corrected chi connectivity index (χ3v) is 2.82. The number of rotatable bonds is 3. The minimum absolute atomic E-state index is 1.05. The first kappa shape index (κ1) is 8.08. The first-order valence-electron chi connectivity index (χ1n) is 3.29. The molecule has 0 aliphatic heterocycles. The number of thiazole rings is 1. The van der Waals surface area contributed by atoms with Gasteiger partial charge >= 0.3 is 0 Å². The third kappa shape index (κ3) is 1.99. The Morgan fingerprint density at radius 3 is 3.00 bits per heavy atom. The lowest BCUT2D eigenvalue weighted by molar-refractivity contribution is 1.06. The van der Waals surface area contributed by atoms with Gasteiger partial charge in [-0.05, 0) is 12.7 Å². The fraction of sp³-hybridized carbons (Fsp3) is 0.571. The number of nitrogens with zero attached hydrogens (tertiary/aromatic N) is 1. The molecule has 0 N–H and O–H groups in total. The Morgan fingerprint density at radius 1 is 1.70 bits per heavy atom. The lowest BCUT2D eigenvalue weighted by Crippen LogP contribution is -1.81. The summed E-state index contributed by atoms with van der Waals surface area (Å²) in [5, 5.41) is 3.40. The van der Waals surface area contributed by atoms with Gasteiger partial charge in [0.05, 0.1) is 10.7 Å². The zero-order valence-corrected chi connectivity index (χ0v) is 7.89. The monoisotopic (exact) mass is 173 g/mol. The minimum Gasteiger partial charge on any atom is -0.245 e. The molecule has 1 heterocycles. The molecular weight excluding hydrogens is 162 g/mol. The zero-order chi connectivity index (χ0) is 7.40. The highest BCUT2D eigenvalue weighted by atomic mass is 32.2. The van der Waals surface area contributed by atoms with Gasteiger partial charge in [-0.3, -0.25) is 0 Å². The fourth-order valence-corrected chi connectivity index (χ4v) is 2.02. The predicted octanol–water partition coefficient (Wildman–Crippen LogP) is 2.57. The second-order valence-electron chi connectivity index (χ2n) is 2.02. The van der Waals surface area contributed by atoms with Crippen molar-refractivity contribution in [3.8, 4) is 0 Å². The molecule has 0 aliphatic rings. The summed E-state index contributed by atoms with van der Waals surface area (Å²) in [6.45, 7) is 2.14. The second-order valence-corrected chi connectivity index (χ2v) is 3.83. The van der Waals surface area contributed by atoms with E-state index in [1.165, 1.54) is 10.7 Å². The number of hydrogen-bond acceptors (Lipinski definition) is 3. The number of aryl methyl sites for hydroxylation is 1. The summed E-state index contributed by atoms with van der Waals surface area (Å²) >= 11 is 3.59. The molecule has 0 saturated carbocycles. The predicted molar refractivity (Wildman–Crippen MR) is 48.7 cm³/mol. The molecule has 0 unspecified atom stereocenters. The Bertz CT molecular complexity index is 195. The first-order valence-corrected chi connectivity index (χ1v) is 5.56. The van der Waals surface area contributed by atoms with Crippen LogP contribution in [0.5, 0.6) is 0 Å². The van der Waals surface area contributed by atoms with Crippen LogP contribution in [0.25, 0.3) is 0 Å². The maximum atomic E-state index is 4.42. The molecule has 0 fully saturated rings. The topological polar surface area (TPSA) is 12.9 Å².